The molecule has 18 heavy (non-hydrogen) atoms. The van der Waals surface area contributed by atoms with Gasteiger partial charge in [0.2, 0.25) is 0 Å². The smallest absolute Gasteiger partial charge is 0.183 e. The van der Waals surface area contributed by atoms with E-state index >= 15 is 0 Å². The summed E-state index contributed by atoms with van der Waals surface area (Å²) in [5, 5.41) is 20.6. The monoisotopic (exact) mass is 270 g/mol. The second-order valence-electron chi connectivity index (χ2n) is 5.23. The highest BCUT2D eigenvalue weighted by atomic mass is 32.2. The maximum absolute atomic E-state index is 9.48. The van der Waals surface area contributed by atoms with E-state index in [0.717, 1.165) is 30.2 Å². The van der Waals surface area contributed by atoms with Gasteiger partial charge < -0.3 is 10.4 Å². The molecular formula is C12H22N4OS. The molecule has 1 fully saturated rings. The third-order valence-electron chi connectivity index (χ3n) is 3.23. The van der Waals surface area contributed by atoms with Crippen LogP contribution in [0, 0.1) is 0 Å². The van der Waals surface area contributed by atoms with Gasteiger partial charge in [0.1, 0.15) is 6.33 Å². The van der Waals surface area contributed by atoms with Crippen LogP contribution in [0.15, 0.2) is 11.5 Å². The van der Waals surface area contributed by atoms with Crippen molar-refractivity contribution in [2.45, 2.75) is 55.8 Å². The normalized spacial score (nSPS) is 18.8. The van der Waals surface area contributed by atoms with Crippen molar-refractivity contribution < 1.29 is 5.11 Å². The van der Waals surface area contributed by atoms with Gasteiger partial charge in [-0.05, 0) is 32.6 Å². The number of aliphatic hydroxyl groups is 1. The Morgan fingerprint density at radius 1 is 1.56 bits per heavy atom. The van der Waals surface area contributed by atoms with E-state index in [1.807, 2.05) is 0 Å². The molecule has 102 valence electrons. The quantitative estimate of drug-likeness (QED) is 0.469. The minimum Gasteiger partial charge on any atom is -0.394 e. The zero-order valence-electron chi connectivity index (χ0n) is 10.9. The van der Waals surface area contributed by atoms with Crippen LogP contribution >= 0.6 is 11.8 Å². The average Bonchev–Trinajstić information content (AvgIpc) is 3.01. The summed E-state index contributed by atoms with van der Waals surface area (Å²) in [7, 11) is 0. The topological polar surface area (TPSA) is 73.8 Å². The highest BCUT2D eigenvalue weighted by Gasteiger charge is 2.31. The third kappa shape index (κ3) is 4.59. The summed E-state index contributed by atoms with van der Waals surface area (Å²) in [4.78, 5) is 4.07. The molecule has 0 saturated heterocycles. The first kappa shape index (κ1) is 13.8. The average molecular weight is 270 g/mol. The zero-order valence-corrected chi connectivity index (χ0v) is 11.7. The minimum absolute atomic E-state index is 0.0991. The minimum atomic E-state index is -0.0991. The molecule has 1 unspecified atom stereocenters. The van der Waals surface area contributed by atoms with Crippen LogP contribution in [0.1, 0.15) is 39.0 Å². The second kappa shape index (κ2) is 6.54. The van der Waals surface area contributed by atoms with Crippen molar-refractivity contribution in [3.63, 3.8) is 0 Å². The Kier molecular flexibility index (Phi) is 5.03. The lowest BCUT2D eigenvalue weighted by Gasteiger charge is -2.29. The molecule has 1 saturated carbocycles. The molecule has 0 bridgehead atoms. The molecule has 3 N–H and O–H groups in total. The molecule has 5 nitrogen and oxygen atoms in total. The van der Waals surface area contributed by atoms with Crippen LogP contribution in [0.2, 0.25) is 0 Å². The molecule has 0 aromatic carbocycles. The van der Waals surface area contributed by atoms with Crippen LogP contribution in [0.4, 0.5) is 0 Å². The van der Waals surface area contributed by atoms with Gasteiger partial charge in [0.15, 0.2) is 5.16 Å². The van der Waals surface area contributed by atoms with E-state index in [0.29, 0.717) is 6.04 Å². The number of nitrogens with one attached hydrogen (secondary N) is 2. The van der Waals surface area contributed by atoms with Crippen LogP contribution in [0.5, 0.6) is 0 Å². The fourth-order valence-electron chi connectivity index (χ4n) is 1.97. The van der Waals surface area contributed by atoms with Gasteiger partial charge in [0.25, 0.3) is 0 Å². The first-order chi connectivity index (χ1) is 8.72. The predicted octanol–water partition coefficient (Wildman–Crippen LogP) is 1.57. The standard InChI is InChI=1S/C12H22N4OS/c1-12(8-17,15-10-4-5-10)6-2-3-7-18-11-13-9-14-16-11/h9-10,15,17H,2-8H2,1H3,(H,13,14,16). The van der Waals surface area contributed by atoms with E-state index in [1.54, 1.807) is 11.8 Å². The highest BCUT2D eigenvalue weighted by Crippen LogP contribution is 2.25. The summed E-state index contributed by atoms with van der Waals surface area (Å²) in [5.74, 6) is 1.04. The molecule has 1 atom stereocenters. The Morgan fingerprint density at radius 2 is 2.39 bits per heavy atom. The second-order valence-corrected chi connectivity index (χ2v) is 6.32. The van der Waals surface area contributed by atoms with Crippen molar-refractivity contribution >= 4 is 11.8 Å². The number of hydrogen-bond donors (Lipinski definition) is 3. The number of thioether (sulfide) groups is 1. The number of unbranched alkanes of at least 4 members (excludes halogenated alkanes) is 1. The van der Waals surface area contributed by atoms with Gasteiger partial charge in [0.05, 0.1) is 6.61 Å². The summed E-state index contributed by atoms with van der Waals surface area (Å²) in [5.41, 5.74) is -0.0991. The van der Waals surface area contributed by atoms with Crippen LogP contribution in [0.3, 0.4) is 0 Å². The maximum atomic E-state index is 9.48. The number of aliphatic hydroxyl groups excluding tert-OH is 1. The van der Waals surface area contributed by atoms with Gasteiger partial charge in [-0.3, -0.25) is 5.10 Å². The predicted molar refractivity (Wildman–Crippen MR) is 72.6 cm³/mol. The lowest BCUT2D eigenvalue weighted by Crippen LogP contribution is -2.46. The summed E-state index contributed by atoms with van der Waals surface area (Å²) < 4.78 is 0. The lowest BCUT2D eigenvalue weighted by atomic mass is 9.96. The Labute approximate surface area is 112 Å². The number of H-pyrrole nitrogens is 1. The molecule has 1 aromatic heterocycles. The zero-order chi connectivity index (χ0) is 12.8. The summed E-state index contributed by atoms with van der Waals surface area (Å²) >= 11 is 1.70. The molecule has 1 aliphatic carbocycles. The Morgan fingerprint density at radius 3 is 3.00 bits per heavy atom. The van der Waals surface area contributed by atoms with Crippen molar-refractivity contribution in [2.75, 3.05) is 12.4 Å². The lowest BCUT2D eigenvalue weighted by molar-refractivity contribution is 0.161. The molecule has 1 aromatic rings. The van der Waals surface area contributed by atoms with E-state index in [4.69, 9.17) is 0 Å². The van der Waals surface area contributed by atoms with Crippen LogP contribution < -0.4 is 5.32 Å². The fraction of sp³-hybridized carbons (Fsp3) is 0.833. The Bertz CT molecular complexity index is 342. The van der Waals surface area contributed by atoms with E-state index in [-0.39, 0.29) is 12.1 Å². The van der Waals surface area contributed by atoms with Gasteiger partial charge in [-0.25, -0.2) is 4.98 Å². The van der Waals surface area contributed by atoms with Gasteiger partial charge in [-0.15, -0.1) is 0 Å². The van der Waals surface area contributed by atoms with Crippen LogP contribution in [0.25, 0.3) is 0 Å². The van der Waals surface area contributed by atoms with Gasteiger partial charge in [0, 0.05) is 17.3 Å². The van der Waals surface area contributed by atoms with Crippen molar-refractivity contribution in [1.29, 1.82) is 0 Å². The summed E-state index contributed by atoms with van der Waals surface area (Å²) in [6.07, 6.45) is 7.33. The van der Waals surface area contributed by atoms with E-state index < -0.39 is 0 Å². The molecular weight excluding hydrogens is 248 g/mol. The van der Waals surface area contributed by atoms with Crippen molar-refractivity contribution in [3.05, 3.63) is 6.33 Å². The molecule has 0 spiro atoms. The molecule has 6 heteroatoms. The van der Waals surface area contributed by atoms with E-state index in [9.17, 15) is 5.11 Å². The molecule has 1 heterocycles. The fourth-order valence-corrected chi connectivity index (χ4v) is 2.75. The van der Waals surface area contributed by atoms with Crippen LogP contribution in [-0.4, -0.2) is 44.2 Å². The number of hydrogen-bond acceptors (Lipinski definition) is 5. The van der Waals surface area contributed by atoms with Crippen molar-refractivity contribution in [2.24, 2.45) is 0 Å². The SMILES string of the molecule is CC(CO)(CCCCSc1ncn[nH]1)NC1CC1. The molecule has 1 aliphatic rings. The summed E-state index contributed by atoms with van der Waals surface area (Å²) in [6, 6.07) is 0.644. The largest absolute Gasteiger partial charge is 0.394 e. The van der Waals surface area contributed by atoms with E-state index in [2.05, 4.69) is 27.4 Å². The molecule has 0 aliphatic heterocycles. The van der Waals surface area contributed by atoms with Crippen molar-refractivity contribution in [1.82, 2.24) is 20.5 Å². The van der Waals surface area contributed by atoms with Gasteiger partial charge in [-0.1, -0.05) is 18.2 Å². The van der Waals surface area contributed by atoms with Gasteiger partial charge >= 0.3 is 0 Å². The van der Waals surface area contributed by atoms with Gasteiger partial charge in [-0.2, -0.15) is 5.10 Å². The number of nitrogens with zero attached hydrogens (tertiary/aromatic N) is 2. The first-order valence-corrected chi connectivity index (χ1v) is 7.57. The maximum Gasteiger partial charge on any atom is 0.183 e. The molecule has 0 amide bonds. The first-order valence-electron chi connectivity index (χ1n) is 6.58. The van der Waals surface area contributed by atoms with Crippen LogP contribution in [-0.2, 0) is 0 Å². The number of rotatable bonds is 9. The summed E-state index contributed by atoms with van der Waals surface area (Å²) in [6.45, 7) is 2.34. The number of aromatic amines is 1. The molecule has 0 radical (unpaired) electrons. The molecule has 2 rings (SSSR count). The highest BCUT2D eigenvalue weighted by molar-refractivity contribution is 7.99. The van der Waals surface area contributed by atoms with E-state index in [1.165, 1.54) is 19.2 Å². The Balaban J connectivity index is 1.58. The van der Waals surface area contributed by atoms with Crippen molar-refractivity contribution in [3.8, 4) is 0 Å². The number of aromatic nitrogens is 3. The third-order valence-corrected chi connectivity index (χ3v) is 4.20. The Hall–Kier alpha value is -0.590.